The Morgan fingerprint density at radius 3 is 2.74 bits per heavy atom. The molecule has 140 valence electrons. The first-order valence-corrected chi connectivity index (χ1v) is 9.83. The van der Waals surface area contributed by atoms with Crippen LogP contribution in [0.3, 0.4) is 0 Å². The molecule has 0 atom stereocenters. The van der Waals surface area contributed by atoms with Gasteiger partial charge in [-0.25, -0.2) is 0 Å². The lowest BCUT2D eigenvalue weighted by molar-refractivity contribution is -0.305. The smallest absolute Gasteiger partial charge is 0.266 e. The van der Waals surface area contributed by atoms with E-state index in [1.807, 2.05) is 0 Å². The van der Waals surface area contributed by atoms with Crippen molar-refractivity contribution < 1.29 is 19.1 Å². The molecule has 27 heavy (non-hydrogen) atoms. The van der Waals surface area contributed by atoms with Crippen molar-refractivity contribution in [1.82, 2.24) is 4.90 Å². The highest BCUT2D eigenvalue weighted by Gasteiger charge is 2.31. The third-order valence-electron chi connectivity index (χ3n) is 3.74. The monoisotopic (exact) mass is 440 g/mol. The van der Waals surface area contributed by atoms with Gasteiger partial charge in [-0.05, 0) is 43.2 Å². The van der Waals surface area contributed by atoms with Crippen LogP contribution in [0.1, 0.15) is 18.6 Å². The number of thiocarbonyl (C=S) groups is 1. The molecule has 0 radical (unpaired) electrons. The number of carboxylic acids is 1. The fourth-order valence-corrected chi connectivity index (χ4v) is 4.03. The summed E-state index contributed by atoms with van der Waals surface area (Å²) in [5, 5.41) is 11.4. The van der Waals surface area contributed by atoms with Gasteiger partial charge >= 0.3 is 0 Å². The summed E-state index contributed by atoms with van der Waals surface area (Å²) in [5.41, 5.74) is 0.763. The molecule has 1 aliphatic heterocycles. The number of aliphatic carboxylic acids is 1. The predicted molar refractivity (Wildman–Crippen MR) is 108 cm³/mol. The van der Waals surface area contributed by atoms with E-state index in [-0.39, 0.29) is 25.3 Å². The Morgan fingerprint density at radius 2 is 2.04 bits per heavy atom. The van der Waals surface area contributed by atoms with Crippen molar-refractivity contribution in [2.24, 2.45) is 0 Å². The first kappa shape index (κ1) is 19.9. The number of halogens is 2. The number of carboxylic acid groups (broad SMARTS) is 1. The van der Waals surface area contributed by atoms with Crippen molar-refractivity contribution in [3.63, 3.8) is 0 Å². The molecule has 2 aromatic rings. The van der Waals surface area contributed by atoms with Gasteiger partial charge in [-0.3, -0.25) is 9.69 Å². The number of rotatable bonds is 6. The van der Waals surface area contributed by atoms with Crippen LogP contribution in [-0.2, 0) is 9.59 Å². The van der Waals surface area contributed by atoms with Crippen LogP contribution in [0.4, 0.5) is 0 Å². The molecule has 2 heterocycles. The topological polar surface area (TPSA) is 73.6 Å². The molecule has 5 nitrogen and oxygen atoms in total. The van der Waals surface area contributed by atoms with E-state index in [9.17, 15) is 14.7 Å². The summed E-state index contributed by atoms with van der Waals surface area (Å²) < 4.78 is 6.16. The van der Waals surface area contributed by atoms with Crippen molar-refractivity contribution in [2.45, 2.75) is 12.8 Å². The Labute approximate surface area is 174 Å². The van der Waals surface area contributed by atoms with Crippen LogP contribution in [0.15, 0.2) is 39.7 Å². The van der Waals surface area contributed by atoms with Crippen LogP contribution in [0, 0.1) is 0 Å². The summed E-state index contributed by atoms with van der Waals surface area (Å²) in [5.74, 6) is -0.340. The Hall–Kier alpha value is -1.80. The maximum atomic E-state index is 12.5. The highest BCUT2D eigenvalue weighted by atomic mass is 35.5. The minimum Gasteiger partial charge on any atom is -0.550 e. The lowest BCUT2D eigenvalue weighted by atomic mass is 10.2. The zero-order valence-corrected chi connectivity index (χ0v) is 16.9. The second-order valence-corrected chi connectivity index (χ2v) is 8.13. The molecule has 0 N–H and O–H groups in total. The highest BCUT2D eigenvalue weighted by molar-refractivity contribution is 8.26. The number of amides is 1. The molecule has 1 aromatic carbocycles. The number of hydrogen-bond acceptors (Lipinski definition) is 6. The van der Waals surface area contributed by atoms with Gasteiger partial charge in [-0.1, -0.05) is 47.2 Å². The van der Waals surface area contributed by atoms with Gasteiger partial charge < -0.3 is 14.3 Å². The van der Waals surface area contributed by atoms with Gasteiger partial charge in [0.05, 0.1) is 15.0 Å². The number of nitrogens with zero attached hydrogens (tertiary/aromatic N) is 1. The average Bonchev–Trinajstić information content (AvgIpc) is 3.17. The number of benzene rings is 1. The van der Waals surface area contributed by atoms with Gasteiger partial charge in [0, 0.05) is 24.2 Å². The van der Waals surface area contributed by atoms with Crippen molar-refractivity contribution >= 4 is 69.5 Å². The van der Waals surface area contributed by atoms with Crippen LogP contribution in [0.25, 0.3) is 17.4 Å². The summed E-state index contributed by atoms with van der Waals surface area (Å²) >= 11 is 18.3. The molecule has 0 aliphatic carbocycles. The lowest BCUT2D eigenvalue weighted by Crippen LogP contribution is -2.30. The molecule has 3 rings (SSSR count). The van der Waals surface area contributed by atoms with E-state index in [1.54, 1.807) is 36.4 Å². The van der Waals surface area contributed by atoms with Crippen LogP contribution in [0.2, 0.25) is 10.0 Å². The Balaban J connectivity index is 1.74. The Bertz CT molecular complexity index is 955. The van der Waals surface area contributed by atoms with Gasteiger partial charge in [0.15, 0.2) is 0 Å². The average molecular weight is 441 g/mol. The molecule has 0 bridgehead atoms. The maximum Gasteiger partial charge on any atom is 0.266 e. The predicted octanol–water partition coefficient (Wildman–Crippen LogP) is 3.98. The second-order valence-electron chi connectivity index (χ2n) is 5.64. The first-order valence-electron chi connectivity index (χ1n) is 7.85. The minimum atomic E-state index is -1.15. The normalized spacial score (nSPS) is 15.8. The second kappa shape index (κ2) is 8.48. The number of thioether (sulfide) groups is 1. The lowest BCUT2D eigenvalue weighted by Gasteiger charge is -2.14. The molecule has 1 amide bonds. The largest absolute Gasteiger partial charge is 0.550 e. The first-order chi connectivity index (χ1) is 12.8. The summed E-state index contributed by atoms with van der Waals surface area (Å²) in [6.45, 7) is 0.239. The number of hydrogen-bond donors (Lipinski definition) is 0. The van der Waals surface area contributed by atoms with Gasteiger partial charge in [0.1, 0.15) is 15.8 Å². The van der Waals surface area contributed by atoms with Crippen molar-refractivity contribution in [2.75, 3.05) is 6.54 Å². The minimum absolute atomic E-state index is 0.124. The van der Waals surface area contributed by atoms with Crippen LogP contribution in [0.5, 0.6) is 0 Å². The van der Waals surface area contributed by atoms with E-state index in [0.717, 1.165) is 17.3 Å². The van der Waals surface area contributed by atoms with Crippen molar-refractivity contribution in [3.8, 4) is 11.3 Å². The molecule has 0 unspecified atom stereocenters. The third-order valence-corrected chi connectivity index (χ3v) is 5.86. The number of furan rings is 1. The number of carbonyl (C=O) groups excluding carboxylic acids is 2. The SMILES string of the molecule is O=C([O-])CCCN1C(=O)/C(=C/c2ccc(-c3ccc(Cl)c(Cl)c3)o2)SC1=S. The van der Waals surface area contributed by atoms with Gasteiger partial charge in [0.25, 0.3) is 5.91 Å². The van der Waals surface area contributed by atoms with E-state index < -0.39 is 5.97 Å². The highest BCUT2D eigenvalue weighted by Crippen LogP contribution is 2.34. The quantitative estimate of drug-likeness (QED) is 0.499. The fourth-order valence-electron chi connectivity index (χ4n) is 2.44. The van der Waals surface area contributed by atoms with E-state index in [1.165, 1.54) is 4.90 Å². The molecule has 1 fully saturated rings. The zero-order valence-electron chi connectivity index (χ0n) is 13.7. The van der Waals surface area contributed by atoms with E-state index in [0.29, 0.717) is 30.8 Å². The molecular weight excluding hydrogens is 429 g/mol. The summed E-state index contributed by atoms with van der Waals surface area (Å²) in [6.07, 6.45) is 1.77. The van der Waals surface area contributed by atoms with Gasteiger partial charge in [-0.2, -0.15) is 0 Å². The van der Waals surface area contributed by atoms with Crippen LogP contribution >= 0.6 is 47.2 Å². The molecule has 0 saturated carbocycles. The zero-order chi connectivity index (χ0) is 19.6. The van der Waals surface area contributed by atoms with E-state index in [2.05, 4.69) is 0 Å². The van der Waals surface area contributed by atoms with Gasteiger partial charge in [0.2, 0.25) is 0 Å². The summed E-state index contributed by atoms with van der Waals surface area (Å²) in [6, 6.07) is 8.67. The Morgan fingerprint density at radius 1 is 1.26 bits per heavy atom. The van der Waals surface area contributed by atoms with Gasteiger partial charge in [-0.15, -0.1) is 0 Å². The van der Waals surface area contributed by atoms with Crippen molar-refractivity contribution in [3.05, 3.63) is 51.0 Å². The van der Waals surface area contributed by atoms with Crippen LogP contribution in [-0.4, -0.2) is 27.6 Å². The molecule has 9 heteroatoms. The molecular formula is C18H12Cl2NO4S2-. The maximum absolute atomic E-state index is 12.5. The van der Waals surface area contributed by atoms with E-state index in [4.69, 9.17) is 39.8 Å². The third kappa shape index (κ3) is 4.73. The number of carbonyl (C=O) groups is 2. The van der Waals surface area contributed by atoms with Crippen molar-refractivity contribution in [1.29, 1.82) is 0 Å². The fraction of sp³-hybridized carbons (Fsp3) is 0.167. The van der Waals surface area contributed by atoms with Crippen LogP contribution < -0.4 is 5.11 Å². The molecule has 1 aliphatic rings. The standard InChI is InChI=1S/C18H13Cl2NO4S2/c19-12-5-3-10(8-13(12)20)14-6-4-11(25-14)9-15-17(24)21(18(26)27-15)7-1-2-16(22)23/h3-6,8-9H,1-2,7H2,(H,22,23)/p-1/b15-9-. The summed E-state index contributed by atoms with van der Waals surface area (Å²) in [7, 11) is 0. The Kier molecular flexibility index (Phi) is 6.26. The summed E-state index contributed by atoms with van der Waals surface area (Å²) in [4.78, 5) is 24.8. The molecule has 0 spiro atoms. The molecule has 1 aromatic heterocycles. The molecule has 1 saturated heterocycles. The van der Waals surface area contributed by atoms with E-state index >= 15 is 0 Å².